The van der Waals surface area contributed by atoms with Crippen LogP contribution in [0.1, 0.15) is 0 Å². The van der Waals surface area contributed by atoms with Gasteiger partial charge in [0.2, 0.25) is 0 Å². The molecule has 1 aromatic heterocycles. The maximum atomic E-state index is 6.12. The van der Waals surface area contributed by atoms with E-state index in [1.54, 1.807) is 30.5 Å². The van der Waals surface area contributed by atoms with Crippen molar-refractivity contribution in [3.63, 3.8) is 0 Å². The Morgan fingerprint density at radius 2 is 1.77 bits per heavy atom. The molecule has 0 spiro atoms. The van der Waals surface area contributed by atoms with E-state index in [0.717, 1.165) is 9.92 Å². The first-order valence-corrected chi connectivity index (χ1v) is 8.03. The molecule has 1 radical (unpaired) electrons. The van der Waals surface area contributed by atoms with E-state index in [-0.39, 0.29) is 0 Å². The van der Waals surface area contributed by atoms with Crippen LogP contribution in [0.15, 0.2) is 70.7 Å². The summed E-state index contributed by atoms with van der Waals surface area (Å²) in [6.45, 7) is 0. The van der Waals surface area contributed by atoms with Crippen LogP contribution in [0.3, 0.4) is 0 Å². The maximum absolute atomic E-state index is 6.12. The lowest BCUT2D eigenvalue weighted by Gasteiger charge is -2.08. The number of aromatic nitrogens is 1. The third kappa shape index (κ3) is 3.74. The fourth-order valence-electron chi connectivity index (χ4n) is 1.74. The Bertz CT molecular complexity index is 781. The van der Waals surface area contributed by atoms with Crippen LogP contribution in [0, 0.1) is 6.07 Å². The molecule has 0 amide bonds. The molecule has 0 saturated heterocycles. The summed E-state index contributed by atoms with van der Waals surface area (Å²) in [5, 5.41) is 1.56. The Morgan fingerprint density at radius 3 is 2.59 bits per heavy atom. The first-order valence-electron chi connectivity index (χ1n) is 6.45. The monoisotopic (exact) mass is 346 g/mol. The normalized spacial score (nSPS) is 10.5. The molecule has 109 valence electrons. The lowest BCUT2D eigenvalue weighted by atomic mass is 10.3. The zero-order valence-electron chi connectivity index (χ0n) is 11.3. The molecule has 0 N–H and O–H groups in total. The van der Waals surface area contributed by atoms with E-state index in [1.807, 2.05) is 30.3 Å². The Morgan fingerprint density at radius 1 is 0.955 bits per heavy atom. The second kappa shape index (κ2) is 7.05. The van der Waals surface area contributed by atoms with Crippen molar-refractivity contribution in [2.45, 2.75) is 9.92 Å². The number of nitrogens with zero attached hydrogens (tertiary/aromatic N) is 1. The second-order valence-electron chi connectivity index (χ2n) is 4.31. The van der Waals surface area contributed by atoms with Gasteiger partial charge in [0.15, 0.2) is 0 Å². The topological polar surface area (TPSA) is 22.1 Å². The zero-order valence-corrected chi connectivity index (χ0v) is 13.6. The van der Waals surface area contributed by atoms with Crippen LogP contribution >= 0.6 is 35.0 Å². The summed E-state index contributed by atoms with van der Waals surface area (Å²) < 4.78 is 5.74. The minimum Gasteiger partial charge on any atom is -0.455 e. The number of hydrogen-bond acceptors (Lipinski definition) is 3. The molecule has 2 nitrogen and oxygen atoms in total. The fraction of sp³-hybridized carbons (Fsp3) is 0. The Balaban J connectivity index is 1.81. The summed E-state index contributed by atoms with van der Waals surface area (Å²) in [4.78, 5) is 5.37. The highest BCUT2D eigenvalue weighted by Gasteiger charge is 2.08. The third-order valence-corrected chi connectivity index (χ3v) is 4.45. The molecule has 22 heavy (non-hydrogen) atoms. The highest BCUT2D eigenvalue weighted by atomic mass is 35.5. The molecule has 5 heteroatoms. The number of benzene rings is 2. The van der Waals surface area contributed by atoms with Crippen LogP contribution in [-0.4, -0.2) is 4.98 Å². The minimum atomic E-state index is 0.381. The first-order chi connectivity index (χ1) is 10.7. The van der Waals surface area contributed by atoms with Crippen LogP contribution in [0.25, 0.3) is 0 Å². The largest absolute Gasteiger partial charge is 0.455 e. The molecule has 3 rings (SSSR count). The van der Waals surface area contributed by atoms with E-state index in [1.165, 1.54) is 11.8 Å². The first kappa shape index (κ1) is 15.2. The molecular formula is C17H10Cl2NOS. The molecule has 2 aromatic carbocycles. The number of hydrogen-bond donors (Lipinski definition) is 0. The summed E-state index contributed by atoms with van der Waals surface area (Å²) in [5.41, 5.74) is 0. The van der Waals surface area contributed by atoms with Gasteiger partial charge < -0.3 is 4.74 Å². The molecule has 0 aliphatic rings. The van der Waals surface area contributed by atoms with Gasteiger partial charge in [-0.25, -0.2) is 4.98 Å². The molecule has 0 bridgehead atoms. The summed E-state index contributed by atoms with van der Waals surface area (Å²) in [7, 11) is 0. The van der Waals surface area contributed by atoms with Crippen molar-refractivity contribution in [2.24, 2.45) is 0 Å². The van der Waals surface area contributed by atoms with Crippen LogP contribution < -0.4 is 4.74 Å². The molecule has 1 heterocycles. The quantitative estimate of drug-likeness (QED) is 0.567. The highest BCUT2D eigenvalue weighted by molar-refractivity contribution is 7.99. The lowest BCUT2D eigenvalue weighted by molar-refractivity contribution is 0.479. The lowest BCUT2D eigenvalue weighted by Crippen LogP contribution is -1.88. The SMILES string of the molecule is Clc1cccc(Oc2[c]c(Sc3ccccc3)ncc2)c1Cl. The molecular weight excluding hydrogens is 337 g/mol. The van der Waals surface area contributed by atoms with Crippen molar-refractivity contribution in [2.75, 3.05) is 0 Å². The van der Waals surface area contributed by atoms with Crippen molar-refractivity contribution in [3.8, 4) is 11.5 Å². The van der Waals surface area contributed by atoms with Crippen molar-refractivity contribution < 1.29 is 4.74 Å². The van der Waals surface area contributed by atoms with E-state index in [9.17, 15) is 0 Å². The molecule has 0 aliphatic heterocycles. The predicted octanol–water partition coefficient (Wildman–Crippen LogP) is 6.13. The smallest absolute Gasteiger partial charge is 0.147 e. The average Bonchev–Trinajstić information content (AvgIpc) is 2.53. The van der Waals surface area contributed by atoms with E-state index in [0.29, 0.717) is 21.5 Å². The number of pyridine rings is 1. The Kier molecular flexibility index (Phi) is 4.88. The molecule has 0 aliphatic carbocycles. The minimum absolute atomic E-state index is 0.381. The molecule has 0 atom stereocenters. The molecule has 0 saturated carbocycles. The average molecular weight is 347 g/mol. The molecule has 3 aromatic rings. The fourth-order valence-corrected chi connectivity index (χ4v) is 2.86. The van der Waals surface area contributed by atoms with Gasteiger partial charge in [0, 0.05) is 11.1 Å². The third-order valence-electron chi connectivity index (χ3n) is 2.74. The van der Waals surface area contributed by atoms with Gasteiger partial charge >= 0.3 is 0 Å². The van der Waals surface area contributed by atoms with E-state index < -0.39 is 0 Å². The number of ether oxygens (including phenoxy) is 1. The maximum Gasteiger partial charge on any atom is 0.147 e. The second-order valence-corrected chi connectivity index (χ2v) is 6.16. The van der Waals surface area contributed by atoms with Crippen molar-refractivity contribution in [1.29, 1.82) is 0 Å². The van der Waals surface area contributed by atoms with Gasteiger partial charge in [-0.15, -0.1) is 0 Å². The van der Waals surface area contributed by atoms with Gasteiger partial charge in [-0.05, 0) is 30.3 Å². The van der Waals surface area contributed by atoms with Crippen LogP contribution in [0.2, 0.25) is 10.0 Å². The summed E-state index contributed by atoms with van der Waals surface area (Å²) in [5.74, 6) is 1.03. The van der Waals surface area contributed by atoms with Gasteiger partial charge in [0.25, 0.3) is 0 Å². The van der Waals surface area contributed by atoms with E-state index in [2.05, 4.69) is 11.1 Å². The van der Waals surface area contributed by atoms with Gasteiger partial charge in [-0.3, -0.25) is 0 Å². The van der Waals surface area contributed by atoms with Gasteiger partial charge in [0.05, 0.1) is 11.1 Å². The summed E-state index contributed by atoms with van der Waals surface area (Å²) in [6, 6.07) is 20.1. The predicted molar refractivity (Wildman–Crippen MR) is 90.2 cm³/mol. The van der Waals surface area contributed by atoms with E-state index in [4.69, 9.17) is 27.9 Å². The zero-order chi connectivity index (χ0) is 15.4. The van der Waals surface area contributed by atoms with Crippen LogP contribution in [0.4, 0.5) is 0 Å². The Labute approximate surface area is 143 Å². The number of rotatable bonds is 4. The van der Waals surface area contributed by atoms with Gasteiger partial charge in [-0.2, -0.15) is 0 Å². The molecule has 0 unspecified atom stereocenters. The summed E-state index contributed by atoms with van der Waals surface area (Å²) >= 11 is 13.6. The Hall–Kier alpha value is -1.68. The van der Waals surface area contributed by atoms with Gasteiger partial charge in [-0.1, -0.05) is 59.2 Å². The van der Waals surface area contributed by atoms with E-state index >= 15 is 0 Å². The van der Waals surface area contributed by atoms with Crippen molar-refractivity contribution in [1.82, 2.24) is 4.98 Å². The highest BCUT2D eigenvalue weighted by Crippen LogP contribution is 2.35. The van der Waals surface area contributed by atoms with Crippen molar-refractivity contribution in [3.05, 3.63) is 76.9 Å². The van der Waals surface area contributed by atoms with Crippen molar-refractivity contribution >= 4 is 35.0 Å². The standard InChI is InChI=1S/C17H10Cl2NOS/c18-14-7-4-8-15(17(14)19)21-12-9-10-20-16(11-12)22-13-5-2-1-3-6-13/h1-10H. The van der Waals surface area contributed by atoms with Crippen LogP contribution in [0.5, 0.6) is 11.5 Å². The molecule has 0 fully saturated rings. The van der Waals surface area contributed by atoms with Crippen LogP contribution in [-0.2, 0) is 0 Å². The number of halogens is 2. The summed E-state index contributed by atoms with van der Waals surface area (Å²) in [6.07, 6.45) is 1.68. The van der Waals surface area contributed by atoms with Gasteiger partial charge in [0.1, 0.15) is 21.5 Å².